The molecule has 0 heterocycles. The number of rotatable bonds is 6. The van der Waals surface area contributed by atoms with Crippen LogP contribution in [0.3, 0.4) is 0 Å². The van der Waals surface area contributed by atoms with Gasteiger partial charge in [-0.1, -0.05) is 0 Å². The van der Waals surface area contributed by atoms with Crippen molar-refractivity contribution in [3.05, 3.63) is 23.8 Å². The molecule has 1 aromatic carbocycles. The molecule has 0 saturated carbocycles. The lowest BCUT2D eigenvalue weighted by molar-refractivity contribution is 0.267. The van der Waals surface area contributed by atoms with Crippen LogP contribution in [0.4, 0.5) is 5.69 Å². The van der Waals surface area contributed by atoms with E-state index in [0.717, 1.165) is 0 Å². The van der Waals surface area contributed by atoms with Crippen LogP contribution in [0.15, 0.2) is 18.2 Å². The summed E-state index contributed by atoms with van der Waals surface area (Å²) < 4.78 is 31.0. The average Bonchev–Trinajstić information content (AvgIpc) is 2.39. The third kappa shape index (κ3) is 3.84. The number of nitriles is 1. The Labute approximate surface area is 112 Å². The molecule has 0 aromatic heterocycles. The Morgan fingerprint density at radius 1 is 1.53 bits per heavy atom. The van der Waals surface area contributed by atoms with Crippen molar-refractivity contribution in [1.29, 1.82) is 5.26 Å². The second-order valence-corrected chi connectivity index (χ2v) is 5.83. The van der Waals surface area contributed by atoms with Crippen LogP contribution >= 0.6 is 0 Å². The molecule has 0 bridgehead atoms. The third-order valence-electron chi connectivity index (χ3n) is 2.44. The van der Waals surface area contributed by atoms with Crippen LogP contribution in [-0.4, -0.2) is 25.4 Å². The maximum absolute atomic E-state index is 11.7. The zero-order valence-electron chi connectivity index (χ0n) is 10.8. The molecule has 1 aromatic rings. The van der Waals surface area contributed by atoms with Gasteiger partial charge in [0.1, 0.15) is 5.75 Å². The summed E-state index contributed by atoms with van der Waals surface area (Å²) in [5.41, 5.74) is 0.765. The fraction of sp³-hybridized carbons (Fsp3) is 0.417. The Balaban J connectivity index is 3.02. The molecule has 7 heteroatoms. The number of aliphatic hydroxyl groups is 1. The summed E-state index contributed by atoms with van der Waals surface area (Å²) in [6.45, 7) is 3.29. The van der Waals surface area contributed by atoms with Crippen LogP contribution in [0, 0.1) is 11.3 Å². The Kier molecular flexibility index (Phi) is 5.15. The molecule has 0 amide bonds. The minimum atomic E-state index is -3.75. The molecule has 104 valence electrons. The smallest absolute Gasteiger partial charge is 0.248 e. The molecule has 0 saturated heterocycles. The predicted molar refractivity (Wildman–Crippen MR) is 71.2 cm³/mol. The number of hydrogen-bond acceptors (Lipinski definition) is 5. The van der Waals surface area contributed by atoms with Crippen LogP contribution in [0.25, 0.3) is 0 Å². The molecule has 0 aliphatic rings. The highest BCUT2D eigenvalue weighted by Crippen LogP contribution is 2.24. The van der Waals surface area contributed by atoms with E-state index < -0.39 is 15.3 Å². The van der Waals surface area contributed by atoms with E-state index in [1.54, 1.807) is 12.1 Å². The van der Waals surface area contributed by atoms with Crippen molar-refractivity contribution < 1.29 is 18.3 Å². The standard InChI is InChI=1S/C12H16N2O4S/c1-3-18-12-5-4-11(6-10(12)8-15)14-19(16,17)9(2)7-13/h4-6,9,14-15H,3,8H2,1-2H3. The highest BCUT2D eigenvalue weighted by molar-refractivity contribution is 7.93. The summed E-state index contributed by atoms with van der Waals surface area (Å²) in [5.74, 6) is 0.501. The monoisotopic (exact) mass is 284 g/mol. The number of hydrogen-bond donors (Lipinski definition) is 2. The largest absolute Gasteiger partial charge is 0.494 e. The van der Waals surface area contributed by atoms with E-state index in [2.05, 4.69) is 4.72 Å². The van der Waals surface area contributed by atoms with Crippen LogP contribution in [0.2, 0.25) is 0 Å². The molecule has 19 heavy (non-hydrogen) atoms. The zero-order valence-corrected chi connectivity index (χ0v) is 11.6. The van der Waals surface area contributed by atoms with E-state index in [1.165, 1.54) is 19.1 Å². The first-order chi connectivity index (χ1) is 8.94. The number of nitrogens with one attached hydrogen (secondary N) is 1. The van der Waals surface area contributed by atoms with Gasteiger partial charge in [-0.25, -0.2) is 8.42 Å². The second-order valence-electron chi connectivity index (χ2n) is 3.83. The fourth-order valence-electron chi connectivity index (χ4n) is 1.38. The number of ether oxygens (including phenoxy) is 1. The Morgan fingerprint density at radius 3 is 2.74 bits per heavy atom. The Morgan fingerprint density at radius 2 is 2.21 bits per heavy atom. The highest BCUT2D eigenvalue weighted by atomic mass is 32.2. The summed E-state index contributed by atoms with van der Waals surface area (Å²) in [6, 6.07) is 6.23. The van der Waals surface area contributed by atoms with Gasteiger partial charge in [0.15, 0.2) is 5.25 Å². The molecule has 0 aliphatic heterocycles. The van der Waals surface area contributed by atoms with Crippen molar-refractivity contribution in [1.82, 2.24) is 0 Å². The van der Waals surface area contributed by atoms with E-state index in [1.807, 2.05) is 6.92 Å². The third-order valence-corrected chi connectivity index (χ3v) is 3.99. The number of sulfonamides is 1. The first kappa shape index (κ1) is 15.3. The maximum Gasteiger partial charge on any atom is 0.248 e. The molecule has 0 radical (unpaired) electrons. The summed E-state index contributed by atoms with van der Waals surface area (Å²) >= 11 is 0. The summed E-state index contributed by atoms with van der Waals surface area (Å²) in [4.78, 5) is 0. The van der Waals surface area contributed by atoms with Crippen LogP contribution in [0.1, 0.15) is 19.4 Å². The van der Waals surface area contributed by atoms with E-state index in [0.29, 0.717) is 17.9 Å². The van der Waals surface area contributed by atoms with E-state index in [9.17, 15) is 13.5 Å². The van der Waals surface area contributed by atoms with E-state index in [4.69, 9.17) is 10.00 Å². The Hall–Kier alpha value is -1.78. The van der Waals surface area contributed by atoms with Crippen molar-refractivity contribution >= 4 is 15.7 Å². The average molecular weight is 284 g/mol. The van der Waals surface area contributed by atoms with E-state index >= 15 is 0 Å². The molecule has 0 fully saturated rings. The quantitative estimate of drug-likeness (QED) is 0.818. The lowest BCUT2D eigenvalue weighted by Gasteiger charge is -2.13. The number of anilines is 1. The van der Waals surface area contributed by atoms with Gasteiger partial charge in [-0.3, -0.25) is 4.72 Å². The van der Waals surface area contributed by atoms with Gasteiger partial charge < -0.3 is 9.84 Å². The molecule has 0 spiro atoms. The van der Waals surface area contributed by atoms with Crippen LogP contribution < -0.4 is 9.46 Å². The first-order valence-corrected chi connectivity index (χ1v) is 7.27. The van der Waals surface area contributed by atoms with Gasteiger partial charge in [-0.05, 0) is 32.0 Å². The van der Waals surface area contributed by atoms with Crippen molar-refractivity contribution in [3.8, 4) is 11.8 Å². The molecule has 2 N–H and O–H groups in total. The maximum atomic E-state index is 11.7. The minimum absolute atomic E-state index is 0.265. The number of nitrogens with zero attached hydrogens (tertiary/aromatic N) is 1. The lowest BCUT2D eigenvalue weighted by Crippen LogP contribution is -2.23. The summed E-state index contributed by atoms with van der Waals surface area (Å²) in [7, 11) is -3.75. The molecule has 1 unspecified atom stereocenters. The highest BCUT2D eigenvalue weighted by Gasteiger charge is 2.20. The van der Waals surface area contributed by atoms with Crippen LogP contribution in [-0.2, 0) is 16.6 Å². The van der Waals surface area contributed by atoms with Gasteiger partial charge in [-0.2, -0.15) is 5.26 Å². The number of benzene rings is 1. The van der Waals surface area contributed by atoms with Crippen molar-refractivity contribution in [2.24, 2.45) is 0 Å². The van der Waals surface area contributed by atoms with E-state index in [-0.39, 0.29) is 12.3 Å². The lowest BCUT2D eigenvalue weighted by atomic mass is 10.2. The summed E-state index contributed by atoms with van der Waals surface area (Å²) in [5, 5.41) is 16.7. The van der Waals surface area contributed by atoms with Gasteiger partial charge in [-0.15, -0.1) is 0 Å². The van der Waals surface area contributed by atoms with Gasteiger partial charge in [0.25, 0.3) is 0 Å². The van der Waals surface area contributed by atoms with Gasteiger partial charge in [0.05, 0.1) is 19.3 Å². The molecular formula is C12H16N2O4S. The van der Waals surface area contributed by atoms with Crippen LogP contribution in [0.5, 0.6) is 5.75 Å². The predicted octanol–water partition coefficient (Wildman–Crippen LogP) is 1.23. The molecular weight excluding hydrogens is 268 g/mol. The summed E-state index contributed by atoms with van der Waals surface area (Å²) in [6.07, 6.45) is 0. The van der Waals surface area contributed by atoms with Crippen molar-refractivity contribution in [2.45, 2.75) is 25.7 Å². The van der Waals surface area contributed by atoms with Gasteiger partial charge in [0.2, 0.25) is 10.0 Å². The van der Waals surface area contributed by atoms with Crippen molar-refractivity contribution in [2.75, 3.05) is 11.3 Å². The minimum Gasteiger partial charge on any atom is -0.494 e. The molecule has 6 nitrogen and oxygen atoms in total. The Bertz CT molecular complexity index is 578. The molecule has 1 rings (SSSR count). The number of aliphatic hydroxyl groups excluding tert-OH is 1. The van der Waals surface area contributed by atoms with Gasteiger partial charge in [0, 0.05) is 11.3 Å². The normalized spacial score (nSPS) is 12.5. The first-order valence-electron chi connectivity index (χ1n) is 5.72. The van der Waals surface area contributed by atoms with Crippen molar-refractivity contribution in [3.63, 3.8) is 0 Å². The molecule has 0 aliphatic carbocycles. The molecule has 1 atom stereocenters. The SMILES string of the molecule is CCOc1ccc(NS(=O)(=O)C(C)C#N)cc1CO. The fourth-order valence-corrected chi connectivity index (χ4v) is 2.16. The van der Waals surface area contributed by atoms with Gasteiger partial charge >= 0.3 is 0 Å². The topological polar surface area (TPSA) is 99.4 Å². The second kappa shape index (κ2) is 6.41. The zero-order chi connectivity index (χ0) is 14.5.